The molecule has 0 bridgehead atoms. The molecular weight excluding hydrogens is 328 g/mol. The zero-order valence-corrected chi connectivity index (χ0v) is 15.9. The standard InChI is InChI=1S/C20H28N4O2/c1-14(2)16-9-8-15(3)11-17(16)26-13-20(25)21-12-19-23-22-18-7-5-4-6-10-24(18)19/h8-9,11,14H,4-7,10,12-13H2,1-3H3,(H,21,25). The summed E-state index contributed by atoms with van der Waals surface area (Å²) in [6, 6.07) is 6.12. The average molecular weight is 356 g/mol. The van der Waals surface area contributed by atoms with E-state index in [0.717, 1.165) is 54.3 Å². The molecule has 140 valence electrons. The van der Waals surface area contributed by atoms with Gasteiger partial charge in [0.25, 0.3) is 5.91 Å². The number of rotatable bonds is 6. The van der Waals surface area contributed by atoms with Gasteiger partial charge in [-0.2, -0.15) is 0 Å². The van der Waals surface area contributed by atoms with Crippen molar-refractivity contribution in [3.63, 3.8) is 0 Å². The van der Waals surface area contributed by atoms with Gasteiger partial charge in [0, 0.05) is 13.0 Å². The molecule has 6 heteroatoms. The molecule has 0 atom stereocenters. The van der Waals surface area contributed by atoms with Crippen LogP contribution in [0.5, 0.6) is 5.75 Å². The molecule has 1 N–H and O–H groups in total. The lowest BCUT2D eigenvalue weighted by atomic mass is 10.0. The summed E-state index contributed by atoms with van der Waals surface area (Å²) >= 11 is 0. The van der Waals surface area contributed by atoms with Crippen LogP contribution in [0.25, 0.3) is 0 Å². The Balaban J connectivity index is 1.56. The van der Waals surface area contributed by atoms with Gasteiger partial charge in [-0.05, 0) is 42.9 Å². The van der Waals surface area contributed by atoms with E-state index in [0.29, 0.717) is 12.5 Å². The Labute approximate surface area is 155 Å². The van der Waals surface area contributed by atoms with Crippen molar-refractivity contribution in [2.45, 2.75) is 65.5 Å². The molecule has 1 aromatic carbocycles. The second-order valence-corrected chi connectivity index (χ2v) is 7.26. The molecule has 2 heterocycles. The number of nitrogens with one attached hydrogen (secondary N) is 1. The molecule has 0 fully saturated rings. The molecule has 0 unspecified atom stereocenters. The Hall–Kier alpha value is -2.37. The Kier molecular flexibility index (Phi) is 5.91. The Morgan fingerprint density at radius 2 is 2.12 bits per heavy atom. The summed E-state index contributed by atoms with van der Waals surface area (Å²) in [6.45, 7) is 7.59. The largest absolute Gasteiger partial charge is 0.483 e. The molecule has 26 heavy (non-hydrogen) atoms. The van der Waals surface area contributed by atoms with E-state index < -0.39 is 0 Å². The monoisotopic (exact) mass is 356 g/mol. The van der Waals surface area contributed by atoms with Crippen molar-refractivity contribution in [1.29, 1.82) is 0 Å². The fraction of sp³-hybridized carbons (Fsp3) is 0.550. The second kappa shape index (κ2) is 8.34. The molecular formula is C20H28N4O2. The minimum atomic E-state index is -0.146. The number of amides is 1. The Morgan fingerprint density at radius 3 is 2.92 bits per heavy atom. The Bertz CT molecular complexity index is 767. The summed E-state index contributed by atoms with van der Waals surface area (Å²) in [5.41, 5.74) is 2.24. The maximum Gasteiger partial charge on any atom is 0.258 e. The molecule has 0 spiro atoms. The van der Waals surface area contributed by atoms with Crippen molar-refractivity contribution < 1.29 is 9.53 Å². The fourth-order valence-corrected chi connectivity index (χ4v) is 3.29. The lowest BCUT2D eigenvalue weighted by molar-refractivity contribution is -0.123. The van der Waals surface area contributed by atoms with Crippen molar-refractivity contribution in [2.24, 2.45) is 0 Å². The number of aryl methyl sites for hydroxylation is 2. The number of carbonyl (C=O) groups is 1. The normalized spacial score (nSPS) is 14.0. The van der Waals surface area contributed by atoms with Crippen molar-refractivity contribution in [1.82, 2.24) is 20.1 Å². The molecule has 0 saturated carbocycles. The van der Waals surface area contributed by atoms with Crippen LogP contribution in [0.2, 0.25) is 0 Å². The minimum absolute atomic E-state index is 0.00413. The number of ether oxygens (including phenoxy) is 1. The number of nitrogens with zero attached hydrogens (tertiary/aromatic N) is 3. The summed E-state index contributed by atoms with van der Waals surface area (Å²) in [4.78, 5) is 12.2. The van der Waals surface area contributed by atoms with E-state index in [1.807, 2.05) is 13.0 Å². The molecule has 1 aliphatic rings. The van der Waals surface area contributed by atoms with Crippen molar-refractivity contribution in [3.05, 3.63) is 41.0 Å². The summed E-state index contributed by atoms with van der Waals surface area (Å²) in [7, 11) is 0. The minimum Gasteiger partial charge on any atom is -0.483 e. The third-order valence-electron chi connectivity index (χ3n) is 4.78. The summed E-state index contributed by atoms with van der Waals surface area (Å²) < 4.78 is 7.93. The van der Waals surface area contributed by atoms with E-state index in [1.54, 1.807) is 0 Å². The van der Waals surface area contributed by atoms with E-state index in [2.05, 4.69) is 46.1 Å². The van der Waals surface area contributed by atoms with Gasteiger partial charge in [0.15, 0.2) is 12.4 Å². The maximum atomic E-state index is 12.2. The highest BCUT2D eigenvalue weighted by Crippen LogP contribution is 2.27. The quantitative estimate of drug-likeness (QED) is 0.863. The SMILES string of the molecule is Cc1ccc(C(C)C)c(OCC(=O)NCc2nnc3n2CCCCC3)c1. The van der Waals surface area contributed by atoms with Gasteiger partial charge in [0.1, 0.15) is 11.6 Å². The van der Waals surface area contributed by atoms with E-state index in [-0.39, 0.29) is 12.5 Å². The van der Waals surface area contributed by atoms with Crippen LogP contribution < -0.4 is 10.1 Å². The van der Waals surface area contributed by atoms with Crippen molar-refractivity contribution in [2.75, 3.05) is 6.61 Å². The first kappa shape index (κ1) is 18.4. The first-order valence-corrected chi connectivity index (χ1v) is 9.45. The predicted octanol–water partition coefficient (Wildman–Crippen LogP) is 3.13. The maximum absolute atomic E-state index is 12.2. The topological polar surface area (TPSA) is 69.0 Å². The number of fused-ring (bicyclic) bond motifs is 1. The molecule has 0 radical (unpaired) electrons. The van der Waals surface area contributed by atoms with Crippen molar-refractivity contribution in [3.8, 4) is 5.75 Å². The van der Waals surface area contributed by atoms with E-state index >= 15 is 0 Å². The van der Waals surface area contributed by atoms with Crippen LogP contribution in [0, 0.1) is 6.92 Å². The summed E-state index contributed by atoms with van der Waals surface area (Å²) in [5.74, 6) is 2.84. The number of benzene rings is 1. The summed E-state index contributed by atoms with van der Waals surface area (Å²) in [6.07, 6.45) is 4.49. The van der Waals surface area contributed by atoms with Crippen molar-refractivity contribution >= 4 is 5.91 Å². The zero-order valence-electron chi connectivity index (χ0n) is 15.9. The molecule has 1 aliphatic heterocycles. The number of hydrogen-bond acceptors (Lipinski definition) is 4. The first-order valence-electron chi connectivity index (χ1n) is 9.45. The lowest BCUT2D eigenvalue weighted by Crippen LogP contribution is -2.30. The average Bonchev–Trinajstić information content (AvgIpc) is 2.84. The highest BCUT2D eigenvalue weighted by atomic mass is 16.5. The molecule has 3 rings (SSSR count). The summed E-state index contributed by atoms with van der Waals surface area (Å²) in [5, 5.41) is 11.4. The number of hydrogen-bond donors (Lipinski definition) is 1. The third-order valence-corrected chi connectivity index (χ3v) is 4.78. The smallest absolute Gasteiger partial charge is 0.258 e. The van der Waals surface area contributed by atoms with Crippen LogP contribution in [0.15, 0.2) is 18.2 Å². The van der Waals surface area contributed by atoms with Crippen LogP contribution in [0.3, 0.4) is 0 Å². The lowest BCUT2D eigenvalue weighted by Gasteiger charge is -2.15. The second-order valence-electron chi connectivity index (χ2n) is 7.26. The van der Waals surface area contributed by atoms with Gasteiger partial charge in [-0.1, -0.05) is 32.4 Å². The van der Waals surface area contributed by atoms with Crippen LogP contribution in [-0.4, -0.2) is 27.3 Å². The molecule has 0 saturated heterocycles. The van der Waals surface area contributed by atoms with Gasteiger partial charge in [0.05, 0.1) is 6.54 Å². The van der Waals surface area contributed by atoms with Crippen LogP contribution in [0.4, 0.5) is 0 Å². The van der Waals surface area contributed by atoms with Gasteiger partial charge >= 0.3 is 0 Å². The highest BCUT2D eigenvalue weighted by Gasteiger charge is 2.15. The molecule has 0 aliphatic carbocycles. The molecule has 6 nitrogen and oxygen atoms in total. The number of carbonyl (C=O) groups excluding carboxylic acids is 1. The van der Waals surface area contributed by atoms with E-state index in [1.165, 1.54) is 6.42 Å². The first-order chi connectivity index (χ1) is 12.5. The van der Waals surface area contributed by atoms with E-state index in [4.69, 9.17) is 4.74 Å². The van der Waals surface area contributed by atoms with Crippen LogP contribution in [-0.2, 0) is 24.3 Å². The van der Waals surface area contributed by atoms with Gasteiger partial charge in [0.2, 0.25) is 0 Å². The zero-order chi connectivity index (χ0) is 18.5. The predicted molar refractivity (Wildman–Crippen MR) is 100 cm³/mol. The van der Waals surface area contributed by atoms with Gasteiger partial charge in [-0.25, -0.2) is 0 Å². The molecule has 1 amide bonds. The van der Waals surface area contributed by atoms with E-state index in [9.17, 15) is 4.79 Å². The Morgan fingerprint density at radius 1 is 1.27 bits per heavy atom. The third kappa shape index (κ3) is 4.42. The highest BCUT2D eigenvalue weighted by molar-refractivity contribution is 5.77. The van der Waals surface area contributed by atoms with Gasteiger partial charge in [-0.15, -0.1) is 10.2 Å². The van der Waals surface area contributed by atoms with Gasteiger partial charge in [-0.3, -0.25) is 4.79 Å². The fourth-order valence-electron chi connectivity index (χ4n) is 3.29. The van der Waals surface area contributed by atoms with Crippen LogP contribution >= 0.6 is 0 Å². The van der Waals surface area contributed by atoms with Gasteiger partial charge < -0.3 is 14.6 Å². The van der Waals surface area contributed by atoms with Crippen LogP contribution in [0.1, 0.15) is 61.8 Å². The number of aromatic nitrogens is 3. The molecule has 2 aromatic rings. The molecule has 1 aromatic heterocycles.